The van der Waals surface area contributed by atoms with Crippen LogP contribution in [0.4, 0.5) is 0 Å². The maximum atomic E-state index is 6.01. The standard InChI is InChI=1S/C16H24O/c1-13-8-7-11-16(17-3,14(2)12-13)15-9-5-4-6-10-15/h4-6,9-10,13-14H,7-8,11-12H2,1-3H3. The fourth-order valence-electron chi connectivity index (χ4n) is 3.44. The van der Waals surface area contributed by atoms with Crippen LogP contribution in [0.25, 0.3) is 0 Å². The maximum Gasteiger partial charge on any atom is 0.0952 e. The molecule has 0 aliphatic heterocycles. The molecule has 94 valence electrons. The van der Waals surface area contributed by atoms with E-state index in [1.165, 1.54) is 24.8 Å². The van der Waals surface area contributed by atoms with Crippen LogP contribution in [-0.2, 0) is 10.3 Å². The molecule has 0 aromatic heterocycles. The van der Waals surface area contributed by atoms with Crippen LogP contribution in [0.1, 0.15) is 45.1 Å². The molecule has 0 N–H and O–H groups in total. The molecular formula is C16H24O. The van der Waals surface area contributed by atoms with Gasteiger partial charge in [0.15, 0.2) is 0 Å². The van der Waals surface area contributed by atoms with Crippen molar-refractivity contribution in [2.24, 2.45) is 11.8 Å². The van der Waals surface area contributed by atoms with E-state index in [0.717, 1.165) is 12.3 Å². The number of hydrogen-bond donors (Lipinski definition) is 0. The molecule has 2 rings (SSSR count). The minimum atomic E-state index is -0.0635. The summed E-state index contributed by atoms with van der Waals surface area (Å²) in [6.07, 6.45) is 5.03. The van der Waals surface area contributed by atoms with Gasteiger partial charge in [-0.3, -0.25) is 0 Å². The summed E-state index contributed by atoms with van der Waals surface area (Å²) in [5.74, 6) is 1.41. The third-order valence-electron chi connectivity index (χ3n) is 4.42. The first-order valence-corrected chi connectivity index (χ1v) is 6.79. The normalized spacial score (nSPS) is 34.3. The van der Waals surface area contributed by atoms with Gasteiger partial charge >= 0.3 is 0 Å². The Balaban J connectivity index is 2.35. The van der Waals surface area contributed by atoms with E-state index >= 15 is 0 Å². The van der Waals surface area contributed by atoms with Gasteiger partial charge in [-0.1, -0.05) is 50.6 Å². The van der Waals surface area contributed by atoms with Crippen LogP contribution in [0.5, 0.6) is 0 Å². The Morgan fingerprint density at radius 2 is 1.88 bits per heavy atom. The van der Waals surface area contributed by atoms with E-state index in [1.807, 2.05) is 7.11 Å². The topological polar surface area (TPSA) is 9.23 Å². The van der Waals surface area contributed by atoms with Gasteiger partial charge in [0, 0.05) is 7.11 Å². The molecule has 0 heterocycles. The minimum Gasteiger partial charge on any atom is -0.373 e. The average molecular weight is 232 g/mol. The molecule has 17 heavy (non-hydrogen) atoms. The zero-order chi connectivity index (χ0) is 12.3. The van der Waals surface area contributed by atoms with Crippen molar-refractivity contribution in [3.63, 3.8) is 0 Å². The van der Waals surface area contributed by atoms with Gasteiger partial charge in [-0.05, 0) is 36.7 Å². The third kappa shape index (κ3) is 2.40. The summed E-state index contributed by atoms with van der Waals surface area (Å²) < 4.78 is 6.01. The van der Waals surface area contributed by atoms with Gasteiger partial charge in [0.05, 0.1) is 5.60 Å². The Kier molecular flexibility index (Phi) is 3.88. The van der Waals surface area contributed by atoms with E-state index in [9.17, 15) is 0 Å². The molecule has 1 aliphatic carbocycles. The molecule has 1 aromatic rings. The van der Waals surface area contributed by atoms with E-state index in [4.69, 9.17) is 4.74 Å². The molecule has 0 spiro atoms. The Morgan fingerprint density at radius 3 is 2.53 bits per heavy atom. The third-order valence-corrected chi connectivity index (χ3v) is 4.42. The van der Waals surface area contributed by atoms with Gasteiger partial charge < -0.3 is 4.74 Å². The van der Waals surface area contributed by atoms with Crippen molar-refractivity contribution in [1.29, 1.82) is 0 Å². The molecule has 1 fully saturated rings. The molecule has 1 nitrogen and oxygen atoms in total. The van der Waals surface area contributed by atoms with Crippen molar-refractivity contribution in [2.75, 3.05) is 7.11 Å². The molecule has 1 aliphatic rings. The minimum absolute atomic E-state index is 0.0635. The zero-order valence-electron chi connectivity index (χ0n) is 11.3. The number of methoxy groups -OCH3 is 1. The van der Waals surface area contributed by atoms with Crippen molar-refractivity contribution in [3.8, 4) is 0 Å². The summed E-state index contributed by atoms with van der Waals surface area (Å²) in [5.41, 5.74) is 1.29. The van der Waals surface area contributed by atoms with E-state index in [-0.39, 0.29) is 5.60 Å². The first kappa shape index (κ1) is 12.6. The summed E-state index contributed by atoms with van der Waals surface area (Å²) in [6, 6.07) is 10.8. The van der Waals surface area contributed by atoms with Crippen LogP contribution in [0, 0.1) is 11.8 Å². The van der Waals surface area contributed by atoms with Crippen LogP contribution in [-0.4, -0.2) is 7.11 Å². The van der Waals surface area contributed by atoms with Crippen LogP contribution >= 0.6 is 0 Å². The fourth-order valence-corrected chi connectivity index (χ4v) is 3.44. The molecule has 0 bridgehead atoms. The highest BCUT2D eigenvalue weighted by molar-refractivity contribution is 5.24. The van der Waals surface area contributed by atoms with Crippen LogP contribution in [0.2, 0.25) is 0 Å². The summed E-state index contributed by atoms with van der Waals surface area (Å²) >= 11 is 0. The molecular weight excluding hydrogens is 208 g/mol. The molecule has 0 saturated heterocycles. The first-order chi connectivity index (χ1) is 8.19. The maximum absolute atomic E-state index is 6.01. The average Bonchev–Trinajstić information content (AvgIpc) is 2.49. The Morgan fingerprint density at radius 1 is 1.18 bits per heavy atom. The van der Waals surface area contributed by atoms with Crippen molar-refractivity contribution >= 4 is 0 Å². The van der Waals surface area contributed by atoms with Crippen LogP contribution in [0.15, 0.2) is 30.3 Å². The van der Waals surface area contributed by atoms with Gasteiger partial charge in [-0.15, -0.1) is 0 Å². The van der Waals surface area contributed by atoms with E-state index < -0.39 is 0 Å². The van der Waals surface area contributed by atoms with Gasteiger partial charge in [0.1, 0.15) is 0 Å². The number of ether oxygens (including phenoxy) is 1. The van der Waals surface area contributed by atoms with Gasteiger partial charge in [-0.25, -0.2) is 0 Å². The number of rotatable bonds is 2. The quantitative estimate of drug-likeness (QED) is 0.688. The summed E-state index contributed by atoms with van der Waals surface area (Å²) in [7, 11) is 1.87. The van der Waals surface area contributed by atoms with Crippen molar-refractivity contribution in [1.82, 2.24) is 0 Å². The molecule has 1 saturated carbocycles. The molecule has 3 atom stereocenters. The lowest BCUT2D eigenvalue weighted by atomic mass is 9.78. The monoisotopic (exact) mass is 232 g/mol. The Hall–Kier alpha value is -0.820. The lowest BCUT2D eigenvalue weighted by Gasteiger charge is -2.37. The molecule has 3 unspecified atom stereocenters. The highest BCUT2D eigenvalue weighted by atomic mass is 16.5. The smallest absolute Gasteiger partial charge is 0.0952 e. The first-order valence-electron chi connectivity index (χ1n) is 6.79. The molecule has 0 amide bonds. The molecule has 0 radical (unpaired) electrons. The molecule has 1 heteroatoms. The van der Waals surface area contributed by atoms with Gasteiger partial charge in [-0.2, -0.15) is 0 Å². The van der Waals surface area contributed by atoms with E-state index in [1.54, 1.807) is 0 Å². The Bertz CT molecular complexity index is 346. The largest absolute Gasteiger partial charge is 0.373 e. The zero-order valence-corrected chi connectivity index (χ0v) is 11.3. The van der Waals surface area contributed by atoms with Crippen molar-refractivity contribution in [3.05, 3.63) is 35.9 Å². The number of benzene rings is 1. The SMILES string of the molecule is COC1(c2ccccc2)CCCC(C)CC1C. The second-order valence-electron chi connectivity index (χ2n) is 5.59. The van der Waals surface area contributed by atoms with Crippen LogP contribution in [0.3, 0.4) is 0 Å². The highest BCUT2D eigenvalue weighted by Gasteiger charge is 2.39. The summed E-state index contributed by atoms with van der Waals surface area (Å²) in [5, 5.41) is 0. The lowest BCUT2D eigenvalue weighted by molar-refractivity contribution is -0.0657. The van der Waals surface area contributed by atoms with Crippen LogP contribution < -0.4 is 0 Å². The van der Waals surface area contributed by atoms with Crippen molar-refractivity contribution in [2.45, 2.75) is 45.1 Å². The van der Waals surface area contributed by atoms with Gasteiger partial charge in [0.25, 0.3) is 0 Å². The predicted octanol–water partition coefficient (Wildman–Crippen LogP) is 4.37. The highest BCUT2D eigenvalue weighted by Crippen LogP contribution is 2.44. The second-order valence-corrected chi connectivity index (χ2v) is 5.59. The molecule has 1 aromatic carbocycles. The van der Waals surface area contributed by atoms with Crippen molar-refractivity contribution < 1.29 is 4.74 Å². The second kappa shape index (κ2) is 5.22. The summed E-state index contributed by atoms with van der Waals surface area (Å²) in [4.78, 5) is 0. The van der Waals surface area contributed by atoms with E-state index in [0.29, 0.717) is 5.92 Å². The van der Waals surface area contributed by atoms with Gasteiger partial charge in [0.2, 0.25) is 0 Å². The number of hydrogen-bond acceptors (Lipinski definition) is 1. The Labute approximate surface area is 105 Å². The lowest BCUT2D eigenvalue weighted by Crippen LogP contribution is -2.35. The predicted molar refractivity (Wildman–Crippen MR) is 71.9 cm³/mol. The summed E-state index contributed by atoms with van der Waals surface area (Å²) in [6.45, 7) is 4.71. The fraction of sp³-hybridized carbons (Fsp3) is 0.625. The van der Waals surface area contributed by atoms with E-state index in [2.05, 4.69) is 44.2 Å².